The number of hydrogen-bond donors (Lipinski definition) is 0. The van der Waals surface area contributed by atoms with Crippen LogP contribution in [-0.2, 0) is 28.4 Å². The Kier molecular flexibility index (Phi) is 9.53. The van der Waals surface area contributed by atoms with E-state index in [1.54, 1.807) is 20.8 Å². The number of ether oxygens (including phenoxy) is 1. The van der Waals surface area contributed by atoms with E-state index in [-0.39, 0.29) is 37.6 Å². The maximum Gasteiger partial charge on any atom is 0.416 e. The molecular formula is C29H32F8N2O3. The smallest absolute Gasteiger partial charge is 0.416 e. The minimum Gasteiger partial charge on any atom is -0.444 e. The van der Waals surface area contributed by atoms with Crippen LogP contribution in [-0.4, -0.2) is 53.2 Å². The van der Waals surface area contributed by atoms with E-state index >= 15 is 4.39 Å². The fourth-order valence-corrected chi connectivity index (χ4v) is 4.83. The highest BCUT2D eigenvalue weighted by atomic mass is 19.4. The zero-order valence-corrected chi connectivity index (χ0v) is 23.5. The first-order valence-electron chi connectivity index (χ1n) is 13.1. The van der Waals surface area contributed by atoms with Gasteiger partial charge < -0.3 is 14.5 Å². The number of nitrogens with zero attached hydrogens (tertiary/aromatic N) is 2. The molecule has 42 heavy (non-hydrogen) atoms. The van der Waals surface area contributed by atoms with Crippen LogP contribution < -0.4 is 0 Å². The van der Waals surface area contributed by atoms with E-state index in [9.17, 15) is 40.3 Å². The normalized spacial score (nSPS) is 16.6. The Morgan fingerprint density at radius 2 is 1.43 bits per heavy atom. The van der Waals surface area contributed by atoms with Gasteiger partial charge in [-0.1, -0.05) is 12.1 Å². The number of carbonyl (C=O) groups excluding carboxylic acids is 2. The number of likely N-dealkylation sites (tertiary alicyclic amines) is 1. The highest BCUT2D eigenvalue weighted by Crippen LogP contribution is 2.43. The van der Waals surface area contributed by atoms with Crippen molar-refractivity contribution in [1.29, 1.82) is 0 Å². The Labute approximate surface area is 238 Å². The van der Waals surface area contributed by atoms with Crippen molar-refractivity contribution in [2.45, 2.75) is 76.1 Å². The van der Waals surface area contributed by atoms with Gasteiger partial charge in [-0.05, 0) is 75.1 Å². The number of benzene rings is 2. The Morgan fingerprint density at radius 3 is 1.88 bits per heavy atom. The zero-order valence-electron chi connectivity index (χ0n) is 23.5. The van der Waals surface area contributed by atoms with Crippen LogP contribution in [0.15, 0.2) is 42.5 Å². The highest BCUT2D eigenvalue weighted by Gasteiger charge is 2.45. The molecule has 0 saturated carbocycles. The van der Waals surface area contributed by atoms with Gasteiger partial charge >= 0.3 is 18.4 Å². The largest absolute Gasteiger partial charge is 0.444 e. The zero-order chi connectivity index (χ0) is 31.7. The van der Waals surface area contributed by atoms with Gasteiger partial charge in [-0.2, -0.15) is 26.3 Å². The quantitative estimate of drug-likeness (QED) is 0.316. The van der Waals surface area contributed by atoms with E-state index in [0.717, 1.165) is 17.0 Å². The molecule has 1 saturated heterocycles. The summed E-state index contributed by atoms with van der Waals surface area (Å²) in [6, 6.07) is 5.87. The average Bonchev–Trinajstić information content (AvgIpc) is 2.86. The van der Waals surface area contributed by atoms with E-state index in [1.165, 1.54) is 24.1 Å². The second kappa shape index (κ2) is 12.1. The molecule has 0 aromatic heterocycles. The standard InChI is InChI=1S/C29H32F8N2O3/c1-26(2,3)42-25(41)39-11-9-27(31,10-12-39)23(19-5-7-22(30)8-6-19)16-24(40)38(4)17-18-13-20(28(32,33)34)15-21(14-18)29(35,36)37/h5-8,13-15,23H,9-12,16-17H2,1-4H3. The van der Waals surface area contributed by atoms with Gasteiger partial charge in [0, 0.05) is 39.0 Å². The molecule has 1 aliphatic rings. The molecule has 232 valence electrons. The number of carbonyl (C=O) groups is 2. The molecule has 5 nitrogen and oxygen atoms in total. The number of rotatable bonds is 6. The molecule has 1 unspecified atom stereocenters. The summed E-state index contributed by atoms with van der Waals surface area (Å²) in [6.45, 7) is 4.39. The Balaban J connectivity index is 1.83. The van der Waals surface area contributed by atoms with Crippen molar-refractivity contribution in [3.05, 3.63) is 70.5 Å². The van der Waals surface area contributed by atoms with Crippen LogP contribution in [0.25, 0.3) is 0 Å². The fourth-order valence-electron chi connectivity index (χ4n) is 4.83. The Hall–Kier alpha value is -3.38. The van der Waals surface area contributed by atoms with Crippen molar-refractivity contribution in [3.8, 4) is 0 Å². The summed E-state index contributed by atoms with van der Waals surface area (Å²) >= 11 is 0. The van der Waals surface area contributed by atoms with Crippen molar-refractivity contribution in [1.82, 2.24) is 9.80 Å². The number of hydrogen-bond acceptors (Lipinski definition) is 3. The van der Waals surface area contributed by atoms with E-state index in [1.807, 2.05) is 0 Å². The van der Waals surface area contributed by atoms with Gasteiger partial charge in [0.1, 0.15) is 17.1 Å². The minimum absolute atomic E-state index is 0.00756. The first-order chi connectivity index (χ1) is 19.2. The summed E-state index contributed by atoms with van der Waals surface area (Å²) in [5.74, 6) is -2.48. The van der Waals surface area contributed by atoms with Gasteiger partial charge in [0.15, 0.2) is 0 Å². The van der Waals surface area contributed by atoms with Gasteiger partial charge in [-0.3, -0.25) is 4.79 Å². The van der Waals surface area contributed by atoms with Gasteiger partial charge in [0.25, 0.3) is 0 Å². The lowest BCUT2D eigenvalue weighted by atomic mass is 9.75. The van der Waals surface area contributed by atoms with Crippen LogP contribution in [0.3, 0.4) is 0 Å². The van der Waals surface area contributed by atoms with Gasteiger partial charge in [0.05, 0.1) is 11.1 Å². The molecule has 13 heteroatoms. The molecule has 2 amide bonds. The second-order valence-corrected chi connectivity index (χ2v) is 11.5. The summed E-state index contributed by atoms with van der Waals surface area (Å²) in [5.41, 5.74) is -5.97. The second-order valence-electron chi connectivity index (χ2n) is 11.5. The molecule has 2 aromatic rings. The average molecular weight is 609 g/mol. The molecule has 0 aliphatic carbocycles. The molecule has 2 aromatic carbocycles. The van der Waals surface area contributed by atoms with Crippen molar-refractivity contribution in [2.75, 3.05) is 20.1 Å². The lowest BCUT2D eigenvalue weighted by Gasteiger charge is -2.41. The van der Waals surface area contributed by atoms with E-state index < -0.39 is 77.0 Å². The van der Waals surface area contributed by atoms with Crippen molar-refractivity contribution in [2.24, 2.45) is 0 Å². The van der Waals surface area contributed by atoms with Crippen LogP contribution in [0, 0.1) is 5.82 Å². The number of alkyl halides is 7. The molecule has 1 atom stereocenters. The molecule has 3 rings (SSSR count). The van der Waals surface area contributed by atoms with Gasteiger partial charge in [0.2, 0.25) is 5.91 Å². The molecule has 1 aliphatic heterocycles. The summed E-state index contributed by atoms with van der Waals surface area (Å²) in [5, 5.41) is 0. The lowest BCUT2D eigenvalue weighted by molar-refractivity contribution is -0.143. The van der Waals surface area contributed by atoms with Gasteiger partial charge in [-0.25, -0.2) is 13.6 Å². The predicted molar refractivity (Wildman–Crippen MR) is 138 cm³/mol. The number of halogens is 8. The minimum atomic E-state index is -5.05. The van der Waals surface area contributed by atoms with Crippen LogP contribution in [0.1, 0.15) is 68.2 Å². The van der Waals surface area contributed by atoms with Crippen LogP contribution in [0.2, 0.25) is 0 Å². The SMILES string of the molecule is CN(Cc1cc(C(F)(F)F)cc(C(F)(F)F)c1)C(=O)CC(c1ccc(F)cc1)C1(F)CCN(C(=O)OC(C)(C)C)CC1. The third-order valence-electron chi connectivity index (χ3n) is 7.01. The monoisotopic (exact) mass is 608 g/mol. The van der Waals surface area contributed by atoms with Gasteiger partial charge in [-0.15, -0.1) is 0 Å². The molecule has 1 fully saturated rings. The van der Waals surface area contributed by atoms with Crippen molar-refractivity contribution in [3.63, 3.8) is 0 Å². The third-order valence-corrected chi connectivity index (χ3v) is 7.01. The van der Waals surface area contributed by atoms with E-state index in [4.69, 9.17) is 4.74 Å². The van der Waals surface area contributed by atoms with Crippen LogP contribution in [0.4, 0.5) is 39.9 Å². The van der Waals surface area contributed by atoms with E-state index in [0.29, 0.717) is 12.1 Å². The fraction of sp³-hybridized carbons (Fsp3) is 0.517. The number of piperidine rings is 1. The van der Waals surface area contributed by atoms with Crippen LogP contribution >= 0.6 is 0 Å². The van der Waals surface area contributed by atoms with E-state index in [2.05, 4.69) is 0 Å². The molecule has 1 heterocycles. The molecule has 0 bridgehead atoms. The lowest BCUT2D eigenvalue weighted by Crippen LogP contribution is -2.49. The van der Waals surface area contributed by atoms with Crippen LogP contribution in [0.5, 0.6) is 0 Å². The van der Waals surface area contributed by atoms with Crippen molar-refractivity contribution >= 4 is 12.0 Å². The molecule has 0 radical (unpaired) electrons. The maximum atomic E-state index is 16.5. The molecule has 0 N–H and O–H groups in total. The Bertz CT molecular complexity index is 1230. The topological polar surface area (TPSA) is 49.9 Å². The summed E-state index contributed by atoms with van der Waals surface area (Å²) in [4.78, 5) is 27.9. The maximum absolute atomic E-state index is 16.5. The summed E-state index contributed by atoms with van der Waals surface area (Å²) < 4.78 is 115. The predicted octanol–water partition coefficient (Wildman–Crippen LogP) is 7.73. The highest BCUT2D eigenvalue weighted by molar-refractivity contribution is 5.77. The van der Waals surface area contributed by atoms with Crippen molar-refractivity contribution < 1.29 is 49.4 Å². The third kappa shape index (κ3) is 8.57. The molecular weight excluding hydrogens is 576 g/mol. The number of amides is 2. The first kappa shape index (κ1) is 33.1. The summed E-state index contributed by atoms with van der Waals surface area (Å²) in [7, 11) is 1.19. The molecule has 0 spiro atoms. The Morgan fingerprint density at radius 1 is 0.929 bits per heavy atom. The summed E-state index contributed by atoms with van der Waals surface area (Å²) in [6.07, 6.45) is -11.6. The first-order valence-corrected chi connectivity index (χ1v) is 13.1.